The largest absolute Gasteiger partial charge is 0.544 e. The van der Waals surface area contributed by atoms with E-state index in [0.29, 0.717) is 6.10 Å². The molecule has 0 amide bonds. The molecule has 160 valence electrons. The molecule has 0 bridgehead atoms. The van der Waals surface area contributed by atoms with Crippen LogP contribution in [0.1, 0.15) is 59.9 Å². The van der Waals surface area contributed by atoms with E-state index >= 15 is 0 Å². The van der Waals surface area contributed by atoms with E-state index in [1.54, 1.807) is 0 Å². The van der Waals surface area contributed by atoms with Gasteiger partial charge in [0, 0.05) is 6.10 Å². The monoisotopic (exact) mass is 420 g/mol. The van der Waals surface area contributed by atoms with Gasteiger partial charge in [-0.15, -0.1) is 6.58 Å². The normalized spacial score (nSPS) is 14.0. The molecule has 0 radical (unpaired) electrons. The van der Waals surface area contributed by atoms with Crippen molar-refractivity contribution in [2.45, 2.75) is 103 Å². The van der Waals surface area contributed by atoms with E-state index in [9.17, 15) is 0 Å². The Labute approximate surface area is 177 Å². The second kappa shape index (κ2) is 10.8. The fraction of sp³-hybridized carbons (Fsp3) is 0.667. The molecule has 1 aromatic rings. The van der Waals surface area contributed by atoms with Crippen molar-refractivity contribution in [1.29, 1.82) is 0 Å². The van der Waals surface area contributed by atoms with Crippen LogP contribution in [0.15, 0.2) is 36.9 Å². The molecule has 0 aliphatic carbocycles. The number of hydrogen-bond acceptors (Lipinski definition) is 2. The van der Waals surface area contributed by atoms with Gasteiger partial charge in [-0.2, -0.15) is 0 Å². The molecule has 1 rings (SSSR count). The van der Waals surface area contributed by atoms with Crippen LogP contribution in [0, 0.1) is 0 Å². The summed E-state index contributed by atoms with van der Waals surface area (Å²) in [5, 5.41) is 0.217. The van der Waals surface area contributed by atoms with Crippen LogP contribution in [-0.4, -0.2) is 22.7 Å². The number of benzene rings is 1. The lowest BCUT2D eigenvalue weighted by molar-refractivity contribution is 0.179. The minimum absolute atomic E-state index is 0.217. The summed E-state index contributed by atoms with van der Waals surface area (Å²) in [5.41, 5.74) is 1.36. The summed E-state index contributed by atoms with van der Waals surface area (Å²) in [5.74, 6) is 1.00. The summed E-state index contributed by atoms with van der Waals surface area (Å²) in [6, 6.07) is 12.3. The van der Waals surface area contributed by atoms with Gasteiger partial charge in [0.1, 0.15) is 5.75 Å². The van der Waals surface area contributed by atoms with Crippen LogP contribution < -0.4 is 4.43 Å². The van der Waals surface area contributed by atoms with Gasteiger partial charge in [0.05, 0.1) is 0 Å². The third-order valence-corrected chi connectivity index (χ3v) is 15.7. The van der Waals surface area contributed by atoms with Gasteiger partial charge < -0.3 is 8.85 Å². The predicted molar refractivity (Wildman–Crippen MR) is 129 cm³/mol. The summed E-state index contributed by atoms with van der Waals surface area (Å²) in [6.45, 7) is 22.3. The molecule has 0 saturated carbocycles. The van der Waals surface area contributed by atoms with Crippen molar-refractivity contribution in [3.8, 4) is 5.75 Å². The quantitative estimate of drug-likeness (QED) is 0.252. The molecule has 4 heteroatoms. The van der Waals surface area contributed by atoms with Gasteiger partial charge in [0.15, 0.2) is 8.32 Å². The molecule has 0 N–H and O–H groups in total. The van der Waals surface area contributed by atoms with Gasteiger partial charge in [-0.1, -0.05) is 59.8 Å². The zero-order valence-electron chi connectivity index (χ0n) is 19.7. The van der Waals surface area contributed by atoms with E-state index in [-0.39, 0.29) is 5.04 Å². The Hall–Kier alpha value is -0.846. The first-order valence-electron chi connectivity index (χ1n) is 11.1. The van der Waals surface area contributed by atoms with Crippen LogP contribution in [0.3, 0.4) is 0 Å². The Morgan fingerprint density at radius 1 is 1.00 bits per heavy atom. The van der Waals surface area contributed by atoms with E-state index in [0.717, 1.165) is 25.0 Å². The van der Waals surface area contributed by atoms with E-state index in [1.165, 1.54) is 23.7 Å². The van der Waals surface area contributed by atoms with Crippen molar-refractivity contribution in [3.63, 3.8) is 0 Å². The number of aryl methyl sites for hydroxylation is 1. The summed E-state index contributed by atoms with van der Waals surface area (Å²) < 4.78 is 13.1. The maximum Gasteiger partial charge on any atom is 0.250 e. The summed E-state index contributed by atoms with van der Waals surface area (Å²) >= 11 is 0. The molecule has 0 unspecified atom stereocenters. The second-order valence-electron chi connectivity index (χ2n) is 9.55. The van der Waals surface area contributed by atoms with E-state index in [1.807, 2.05) is 6.08 Å². The maximum absolute atomic E-state index is 6.72. The third-order valence-electron chi connectivity index (χ3n) is 6.64. The van der Waals surface area contributed by atoms with Crippen LogP contribution in [0.4, 0.5) is 0 Å². The van der Waals surface area contributed by atoms with E-state index in [2.05, 4.69) is 85.5 Å². The summed E-state index contributed by atoms with van der Waals surface area (Å²) in [6.07, 6.45) is 5.36. The average Bonchev–Trinajstić information content (AvgIpc) is 2.64. The third kappa shape index (κ3) is 7.20. The second-order valence-corrected chi connectivity index (χ2v) is 19.0. The zero-order chi connectivity index (χ0) is 21.4. The SMILES string of the molecule is C=CC[C@H](CCc1ccc(O[Si](C)(C)C(C)(C)C)cc1)O[Si](CC)(CC)CC. The molecule has 0 aromatic heterocycles. The Balaban J connectivity index is 2.73. The molecular weight excluding hydrogens is 376 g/mol. The molecule has 0 fully saturated rings. The van der Waals surface area contributed by atoms with Crippen LogP contribution in [0.25, 0.3) is 0 Å². The van der Waals surface area contributed by atoms with Crippen LogP contribution >= 0.6 is 0 Å². The minimum Gasteiger partial charge on any atom is -0.544 e. The summed E-state index contributed by atoms with van der Waals surface area (Å²) in [7, 11) is -3.35. The standard InChI is InChI=1S/C24H44O2Si2/c1-10-14-22(26-28(11-2,12-3)13-4)18-15-21-16-19-23(20-17-21)25-27(8,9)24(5,6)7/h10,16-17,19-20,22H,1,11-15,18H2,2-9H3/t22-/m1/s1. The average molecular weight is 421 g/mol. The molecule has 0 spiro atoms. The van der Waals surface area contributed by atoms with Crippen molar-refractivity contribution in [2.75, 3.05) is 0 Å². The molecule has 0 heterocycles. The Morgan fingerprint density at radius 2 is 1.54 bits per heavy atom. The van der Waals surface area contributed by atoms with Crippen molar-refractivity contribution in [1.82, 2.24) is 0 Å². The van der Waals surface area contributed by atoms with Gasteiger partial charge in [0.25, 0.3) is 0 Å². The highest BCUT2D eigenvalue weighted by atomic mass is 28.4. The lowest BCUT2D eigenvalue weighted by Gasteiger charge is -2.36. The van der Waals surface area contributed by atoms with Crippen LogP contribution in [0.5, 0.6) is 5.75 Å². The molecule has 0 saturated heterocycles. The first-order valence-corrected chi connectivity index (χ1v) is 16.5. The zero-order valence-corrected chi connectivity index (χ0v) is 21.7. The Bertz CT molecular complexity index is 575. The first kappa shape index (κ1) is 25.2. The highest BCUT2D eigenvalue weighted by Crippen LogP contribution is 2.37. The Morgan fingerprint density at radius 3 is 1.96 bits per heavy atom. The molecule has 1 aromatic carbocycles. The fourth-order valence-corrected chi connectivity index (χ4v) is 7.22. The molecule has 2 nitrogen and oxygen atoms in total. The van der Waals surface area contributed by atoms with Crippen molar-refractivity contribution in [3.05, 3.63) is 42.5 Å². The lowest BCUT2D eigenvalue weighted by atomic mass is 10.1. The molecular formula is C24H44O2Si2. The minimum atomic E-state index is -1.78. The molecule has 0 aliphatic heterocycles. The van der Waals surface area contributed by atoms with Crippen LogP contribution in [0.2, 0.25) is 36.3 Å². The smallest absolute Gasteiger partial charge is 0.250 e. The number of hydrogen-bond donors (Lipinski definition) is 0. The van der Waals surface area contributed by atoms with Crippen molar-refractivity contribution < 1.29 is 8.85 Å². The van der Waals surface area contributed by atoms with Crippen molar-refractivity contribution >= 4 is 16.6 Å². The molecule has 1 atom stereocenters. The van der Waals surface area contributed by atoms with Gasteiger partial charge in [-0.25, -0.2) is 0 Å². The maximum atomic E-state index is 6.72. The Kier molecular flexibility index (Phi) is 9.71. The molecule has 0 aliphatic rings. The van der Waals surface area contributed by atoms with Gasteiger partial charge in [-0.3, -0.25) is 0 Å². The molecule has 28 heavy (non-hydrogen) atoms. The van der Waals surface area contributed by atoms with Gasteiger partial charge in [-0.05, 0) is 73.2 Å². The lowest BCUT2D eigenvalue weighted by Crippen LogP contribution is -2.43. The van der Waals surface area contributed by atoms with E-state index < -0.39 is 16.6 Å². The highest BCUT2D eigenvalue weighted by Gasteiger charge is 2.39. The topological polar surface area (TPSA) is 18.5 Å². The van der Waals surface area contributed by atoms with Crippen LogP contribution in [-0.2, 0) is 10.8 Å². The number of rotatable bonds is 12. The van der Waals surface area contributed by atoms with E-state index in [4.69, 9.17) is 8.85 Å². The summed E-state index contributed by atoms with van der Waals surface area (Å²) in [4.78, 5) is 0. The fourth-order valence-electron chi connectivity index (χ4n) is 3.26. The van der Waals surface area contributed by atoms with Gasteiger partial charge >= 0.3 is 0 Å². The van der Waals surface area contributed by atoms with Crippen molar-refractivity contribution in [2.24, 2.45) is 0 Å². The van der Waals surface area contributed by atoms with Gasteiger partial charge in [0.2, 0.25) is 8.32 Å². The highest BCUT2D eigenvalue weighted by molar-refractivity contribution is 6.74. The first-order chi connectivity index (χ1) is 13.0. The predicted octanol–water partition coefficient (Wildman–Crippen LogP) is 7.97.